The topological polar surface area (TPSA) is 68.2 Å². The van der Waals surface area contributed by atoms with Gasteiger partial charge in [-0.25, -0.2) is 15.0 Å². The second-order valence-corrected chi connectivity index (χ2v) is 15.2. The third-order valence-corrected chi connectivity index (χ3v) is 11.5. The van der Waals surface area contributed by atoms with Crippen LogP contribution in [-0.4, -0.2) is 15.0 Å². The van der Waals surface area contributed by atoms with E-state index >= 15 is 0 Å². The molecule has 0 fully saturated rings. The van der Waals surface area contributed by atoms with Crippen LogP contribution in [0.15, 0.2) is 215 Å². The number of fused-ring (bicyclic) bond motifs is 8. The van der Waals surface area contributed by atoms with Gasteiger partial charge in [-0.3, -0.25) is 0 Å². The van der Waals surface area contributed by atoms with E-state index in [1.165, 1.54) is 0 Å². The minimum Gasteiger partial charge on any atom is -0.456 e. The molecular weight excluding hydrogens is 749 g/mol. The van der Waals surface area contributed by atoms with Crippen molar-refractivity contribution in [3.8, 4) is 45.3 Å². The van der Waals surface area contributed by atoms with Crippen molar-refractivity contribution < 1.29 is 8.83 Å². The number of aromatic nitrogens is 3. The Morgan fingerprint density at radius 3 is 1.59 bits per heavy atom. The van der Waals surface area contributed by atoms with Crippen molar-refractivity contribution in [2.75, 3.05) is 4.90 Å². The summed E-state index contributed by atoms with van der Waals surface area (Å²) in [6.45, 7) is 0. The summed E-state index contributed by atoms with van der Waals surface area (Å²) in [5.41, 5.74) is 11.4. The number of benzene rings is 9. The van der Waals surface area contributed by atoms with Gasteiger partial charge in [-0.1, -0.05) is 146 Å². The van der Waals surface area contributed by atoms with E-state index in [4.69, 9.17) is 23.8 Å². The maximum Gasteiger partial charge on any atom is 0.164 e. The summed E-state index contributed by atoms with van der Waals surface area (Å²) >= 11 is 0. The van der Waals surface area contributed by atoms with E-state index in [9.17, 15) is 0 Å². The van der Waals surface area contributed by atoms with Crippen molar-refractivity contribution in [2.24, 2.45) is 0 Å². The first-order valence-corrected chi connectivity index (χ1v) is 20.3. The average Bonchev–Trinajstić information content (AvgIpc) is 3.91. The minimum atomic E-state index is 0.586. The van der Waals surface area contributed by atoms with Crippen molar-refractivity contribution in [2.45, 2.75) is 0 Å². The van der Waals surface area contributed by atoms with Gasteiger partial charge < -0.3 is 13.7 Å². The molecule has 0 aliphatic carbocycles. The van der Waals surface area contributed by atoms with Crippen molar-refractivity contribution in [3.63, 3.8) is 0 Å². The van der Waals surface area contributed by atoms with Crippen LogP contribution < -0.4 is 4.90 Å². The van der Waals surface area contributed by atoms with Gasteiger partial charge in [-0.2, -0.15) is 0 Å². The fourth-order valence-corrected chi connectivity index (χ4v) is 8.67. The van der Waals surface area contributed by atoms with Gasteiger partial charge in [-0.05, 0) is 77.2 Å². The summed E-state index contributed by atoms with van der Waals surface area (Å²) in [5.74, 6) is 1.81. The molecule has 0 N–H and O–H groups in total. The highest BCUT2D eigenvalue weighted by Crippen LogP contribution is 2.44. The molecule has 0 radical (unpaired) electrons. The second kappa shape index (κ2) is 14.2. The zero-order chi connectivity index (χ0) is 40.3. The van der Waals surface area contributed by atoms with Crippen LogP contribution in [0.25, 0.3) is 99.9 Å². The van der Waals surface area contributed by atoms with Gasteiger partial charge in [0.2, 0.25) is 0 Å². The Balaban J connectivity index is 1.02. The summed E-state index contributed by atoms with van der Waals surface area (Å²) in [6.07, 6.45) is 0. The van der Waals surface area contributed by atoms with E-state index in [0.29, 0.717) is 17.5 Å². The van der Waals surface area contributed by atoms with Crippen LogP contribution in [0.2, 0.25) is 0 Å². The van der Waals surface area contributed by atoms with Gasteiger partial charge in [0.25, 0.3) is 0 Å². The lowest BCUT2D eigenvalue weighted by atomic mass is 9.94. The zero-order valence-corrected chi connectivity index (χ0v) is 32.7. The fraction of sp³-hybridized carbons (Fsp3) is 0. The van der Waals surface area contributed by atoms with Gasteiger partial charge in [0.05, 0.1) is 0 Å². The first-order valence-electron chi connectivity index (χ1n) is 20.3. The molecule has 0 spiro atoms. The van der Waals surface area contributed by atoms with Crippen molar-refractivity contribution in [3.05, 3.63) is 206 Å². The van der Waals surface area contributed by atoms with Crippen LogP contribution in [0.3, 0.4) is 0 Å². The molecule has 9 aromatic carbocycles. The lowest BCUT2D eigenvalue weighted by Crippen LogP contribution is -2.09. The summed E-state index contributed by atoms with van der Waals surface area (Å²) in [6, 6.07) is 71.0. The molecule has 0 unspecified atom stereocenters. The van der Waals surface area contributed by atoms with E-state index < -0.39 is 0 Å². The van der Waals surface area contributed by atoms with Crippen LogP contribution in [0, 0.1) is 0 Å². The molecule has 3 heterocycles. The molecule has 12 rings (SSSR count). The van der Waals surface area contributed by atoms with Gasteiger partial charge in [-0.15, -0.1) is 0 Å². The van der Waals surface area contributed by atoms with Crippen molar-refractivity contribution in [1.82, 2.24) is 15.0 Å². The Bertz CT molecular complexity index is 3520. The Hall–Kier alpha value is -8.35. The predicted molar refractivity (Wildman–Crippen MR) is 248 cm³/mol. The average molecular weight is 783 g/mol. The number of furan rings is 2. The summed E-state index contributed by atoms with van der Waals surface area (Å²) in [5, 5.41) is 6.29. The molecule has 6 nitrogen and oxygen atoms in total. The van der Waals surface area contributed by atoms with Gasteiger partial charge in [0.1, 0.15) is 22.3 Å². The van der Waals surface area contributed by atoms with Crippen LogP contribution in [-0.2, 0) is 0 Å². The molecule has 0 amide bonds. The Labute approximate surface area is 350 Å². The van der Waals surface area contributed by atoms with E-state index in [-0.39, 0.29) is 0 Å². The lowest BCUT2D eigenvalue weighted by molar-refractivity contribution is 0.669. The molecule has 61 heavy (non-hydrogen) atoms. The number of anilines is 3. The first-order chi connectivity index (χ1) is 30.2. The van der Waals surface area contributed by atoms with E-state index in [2.05, 4.69) is 126 Å². The molecule has 0 bridgehead atoms. The SMILES string of the molecule is c1ccc(-c2nc(-c3ccccc3)nc(-c3cccc4oc5c6ccccc6c(-c6ccc(N(c7ccccc7)c7ccc8oc9ccccc9c8c7)cc6)cc5c34)n2)cc1. The Kier molecular flexibility index (Phi) is 8.06. The summed E-state index contributed by atoms with van der Waals surface area (Å²) in [4.78, 5) is 17.5. The summed E-state index contributed by atoms with van der Waals surface area (Å²) in [7, 11) is 0. The van der Waals surface area contributed by atoms with Crippen LogP contribution in [0.5, 0.6) is 0 Å². The number of nitrogens with zero attached hydrogens (tertiary/aromatic N) is 4. The van der Waals surface area contributed by atoms with E-state index in [0.717, 1.165) is 99.5 Å². The standard InChI is InChI=1S/C55H34N4O2/c1-4-15-36(16-5-1)53-56-54(37-17-6-2-7-18-37)58-55(57-53)44-24-14-26-50-51(44)47-34-45(41-21-10-11-23-43(41)52(47)61-50)35-27-29-39(30-28-35)59(38-19-8-3-9-20-38)40-31-32-49-46(33-40)42-22-12-13-25-48(42)60-49/h1-34H. The maximum absolute atomic E-state index is 6.76. The molecule has 0 aliphatic rings. The lowest BCUT2D eigenvalue weighted by Gasteiger charge is -2.25. The molecule has 286 valence electrons. The number of hydrogen-bond donors (Lipinski definition) is 0. The molecule has 6 heteroatoms. The van der Waals surface area contributed by atoms with Gasteiger partial charge >= 0.3 is 0 Å². The quantitative estimate of drug-likeness (QED) is 0.160. The highest BCUT2D eigenvalue weighted by molar-refractivity contribution is 6.22. The van der Waals surface area contributed by atoms with E-state index in [1.54, 1.807) is 0 Å². The van der Waals surface area contributed by atoms with Gasteiger partial charge in [0.15, 0.2) is 17.5 Å². The number of rotatable bonds is 7. The highest BCUT2D eigenvalue weighted by Gasteiger charge is 2.21. The molecule has 0 saturated carbocycles. The number of hydrogen-bond acceptors (Lipinski definition) is 6. The van der Waals surface area contributed by atoms with E-state index in [1.807, 2.05) is 84.9 Å². The van der Waals surface area contributed by atoms with Crippen molar-refractivity contribution >= 4 is 71.7 Å². The molecule has 3 aromatic heterocycles. The van der Waals surface area contributed by atoms with Crippen LogP contribution in [0.1, 0.15) is 0 Å². The third-order valence-electron chi connectivity index (χ3n) is 11.5. The zero-order valence-electron chi connectivity index (χ0n) is 32.7. The molecule has 0 saturated heterocycles. The summed E-state index contributed by atoms with van der Waals surface area (Å²) < 4.78 is 13.0. The largest absolute Gasteiger partial charge is 0.456 e. The van der Waals surface area contributed by atoms with Crippen LogP contribution >= 0.6 is 0 Å². The third kappa shape index (κ3) is 5.92. The molecule has 12 aromatic rings. The monoisotopic (exact) mass is 782 g/mol. The molecule has 0 aliphatic heterocycles. The smallest absolute Gasteiger partial charge is 0.164 e. The highest BCUT2D eigenvalue weighted by atomic mass is 16.3. The molecule has 0 atom stereocenters. The van der Waals surface area contributed by atoms with Crippen LogP contribution in [0.4, 0.5) is 17.1 Å². The Morgan fingerprint density at radius 2 is 0.869 bits per heavy atom. The number of para-hydroxylation sites is 2. The molecular formula is C55H34N4O2. The maximum atomic E-state index is 6.76. The minimum absolute atomic E-state index is 0.586. The first kappa shape index (κ1) is 34.7. The normalized spacial score (nSPS) is 11.6. The fourth-order valence-electron chi connectivity index (χ4n) is 8.67. The predicted octanol–water partition coefficient (Wildman–Crippen LogP) is 15.0. The van der Waals surface area contributed by atoms with Crippen molar-refractivity contribution in [1.29, 1.82) is 0 Å². The van der Waals surface area contributed by atoms with Gasteiger partial charge in [0, 0.05) is 60.7 Å². The Morgan fingerprint density at radius 1 is 0.311 bits per heavy atom. The second-order valence-electron chi connectivity index (χ2n) is 15.2.